The molecule has 0 aromatic carbocycles. The van der Waals surface area contributed by atoms with Crippen molar-refractivity contribution in [1.29, 1.82) is 0 Å². The molecule has 1 fully saturated rings. The van der Waals surface area contributed by atoms with Crippen LogP contribution in [0.5, 0.6) is 0 Å². The van der Waals surface area contributed by atoms with Crippen LogP contribution in [0.1, 0.15) is 6.42 Å². The number of nitrogens with one attached hydrogen (secondary N) is 1. The van der Waals surface area contributed by atoms with E-state index >= 15 is 0 Å². The van der Waals surface area contributed by atoms with Crippen molar-refractivity contribution in [3.63, 3.8) is 0 Å². The summed E-state index contributed by atoms with van der Waals surface area (Å²) in [4.78, 5) is 17.2. The molecule has 14 heavy (non-hydrogen) atoms. The zero-order valence-corrected chi connectivity index (χ0v) is 8.34. The molecule has 0 spiro atoms. The smallest absolute Gasteiger partial charge is 0.325 e. The molecule has 2 radical (unpaired) electrons. The molecule has 80 valence electrons. The van der Waals surface area contributed by atoms with E-state index in [0.29, 0.717) is 0 Å². The van der Waals surface area contributed by atoms with Crippen molar-refractivity contribution in [2.24, 2.45) is 0 Å². The summed E-state index contributed by atoms with van der Waals surface area (Å²) in [5.74, 6) is -0.744. The zero-order valence-electron chi connectivity index (χ0n) is 7.45. The molecule has 0 bridgehead atoms. The summed E-state index contributed by atoms with van der Waals surface area (Å²) in [6.45, 7) is 0. The van der Waals surface area contributed by atoms with Gasteiger partial charge < -0.3 is 25.3 Å². The second-order valence-electron chi connectivity index (χ2n) is 3.46. The Bertz CT molecular complexity index is 246. The molecule has 0 saturated carbocycles. The molecule has 8 heteroatoms. The SMILES string of the molecule is [B][C@@H]1N[C@H](CCP(=O)(O)O)[C@@H](O)[C@H]1O. The highest BCUT2D eigenvalue weighted by molar-refractivity contribution is 7.51. The van der Waals surface area contributed by atoms with Crippen LogP contribution in [0.3, 0.4) is 0 Å². The maximum absolute atomic E-state index is 10.5. The Kier molecular flexibility index (Phi) is 3.74. The maximum atomic E-state index is 10.5. The number of hydrogen-bond acceptors (Lipinski definition) is 4. The Morgan fingerprint density at radius 2 is 1.86 bits per heavy atom. The van der Waals surface area contributed by atoms with E-state index in [4.69, 9.17) is 17.6 Å². The second kappa shape index (κ2) is 4.30. The van der Waals surface area contributed by atoms with Crippen molar-refractivity contribution >= 4 is 15.4 Å². The minimum atomic E-state index is -4.06. The Morgan fingerprint density at radius 3 is 2.21 bits per heavy atom. The number of rotatable bonds is 3. The molecule has 6 nitrogen and oxygen atoms in total. The normalized spacial score (nSPS) is 38.9. The van der Waals surface area contributed by atoms with Gasteiger partial charge in [-0.3, -0.25) is 4.57 Å². The summed E-state index contributed by atoms with van der Waals surface area (Å²) in [5, 5.41) is 21.3. The van der Waals surface area contributed by atoms with Gasteiger partial charge in [-0.05, 0) is 12.4 Å². The fourth-order valence-corrected chi connectivity index (χ4v) is 2.07. The van der Waals surface area contributed by atoms with Crippen LogP contribution in [0.15, 0.2) is 0 Å². The summed E-state index contributed by atoms with van der Waals surface area (Å²) in [6, 6.07) is -0.562. The van der Waals surface area contributed by atoms with Gasteiger partial charge in [-0.2, -0.15) is 0 Å². The molecule has 0 aromatic rings. The van der Waals surface area contributed by atoms with E-state index in [9.17, 15) is 14.8 Å². The molecule has 0 amide bonds. The van der Waals surface area contributed by atoms with Crippen LogP contribution >= 0.6 is 7.60 Å². The summed E-state index contributed by atoms with van der Waals surface area (Å²) in [5.41, 5.74) is 0. The second-order valence-corrected chi connectivity index (χ2v) is 5.23. The average molecular weight is 221 g/mol. The highest BCUT2D eigenvalue weighted by atomic mass is 31.2. The zero-order chi connectivity index (χ0) is 10.9. The third-order valence-corrected chi connectivity index (χ3v) is 3.11. The predicted octanol–water partition coefficient (Wildman–Crippen LogP) is -2.26. The van der Waals surface area contributed by atoms with Crippen molar-refractivity contribution in [1.82, 2.24) is 5.32 Å². The number of hydrogen-bond donors (Lipinski definition) is 5. The molecule has 1 rings (SSSR count). The lowest BCUT2D eigenvalue weighted by molar-refractivity contribution is 0.0361. The van der Waals surface area contributed by atoms with Crippen LogP contribution in [-0.4, -0.2) is 58.2 Å². The summed E-state index contributed by atoms with van der Waals surface area (Å²) >= 11 is 0. The molecule has 1 saturated heterocycles. The molecular formula is C6H13BNO5P. The van der Waals surface area contributed by atoms with Crippen LogP contribution in [0, 0.1) is 0 Å². The van der Waals surface area contributed by atoms with E-state index in [-0.39, 0.29) is 12.6 Å². The standard InChI is InChI=1S/C6H13BNO5P/c7-6-5(10)4(9)3(8-6)1-2-14(11,12)13/h3-6,8-10H,1-2H2,(H2,11,12,13)/t3-,4-,5-,6-/m1/s1. The molecule has 4 atom stereocenters. The van der Waals surface area contributed by atoms with Crippen LogP contribution in [0.4, 0.5) is 0 Å². The third-order valence-electron chi connectivity index (χ3n) is 2.27. The van der Waals surface area contributed by atoms with Crippen molar-refractivity contribution in [3.05, 3.63) is 0 Å². The summed E-state index contributed by atoms with van der Waals surface area (Å²) in [7, 11) is 1.33. The summed E-state index contributed by atoms with van der Waals surface area (Å²) in [6.07, 6.45) is -2.41. The van der Waals surface area contributed by atoms with Gasteiger partial charge in [-0.25, -0.2) is 0 Å². The van der Waals surface area contributed by atoms with Gasteiger partial charge in [0.1, 0.15) is 0 Å². The number of aliphatic hydroxyl groups excluding tert-OH is 2. The Hall–Kier alpha value is 0.0949. The minimum absolute atomic E-state index is 0.0796. The first-order valence-corrected chi connectivity index (χ1v) is 6.03. The largest absolute Gasteiger partial charge is 0.390 e. The van der Waals surface area contributed by atoms with Gasteiger partial charge in [0, 0.05) is 6.04 Å². The van der Waals surface area contributed by atoms with Crippen LogP contribution < -0.4 is 5.32 Å². The lowest BCUT2D eigenvalue weighted by atomic mass is 9.92. The number of aliphatic hydroxyl groups is 2. The van der Waals surface area contributed by atoms with E-state index in [1.165, 1.54) is 0 Å². The Labute approximate surface area is 82.9 Å². The molecule has 1 aliphatic heterocycles. The Balaban J connectivity index is 2.44. The fourth-order valence-electron chi connectivity index (χ4n) is 1.46. The Morgan fingerprint density at radius 1 is 1.29 bits per heavy atom. The van der Waals surface area contributed by atoms with E-state index in [0.717, 1.165) is 0 Å². The molecule has 1 heterocycles. The van der Waals surface area contributed by atoms with Gasteiger partial charge in [-0.15, -0.1) is 0 Å². The molecule has 0 unspecified atom stereocenters. The van der Waals surface area contributed by atoms with Crippen LogP contribution in [0.2, 0.25) is 0 Å². The quantitative estimate of drug-likeness (QED) is 0.272. The van der Waals surface area contributed by atoms with Gasteiger partial charge in [0.05, 0.1) is 26.2 Å². The highest BCUT2D eigenvalue weighted by Crippen LogP contribution is 2.36. The van der Waals surface area contributed by atoms with Crippen molar-refractivity contribution < 1.29 is 24.6 Å². The van der Waals surface area contributed by atoms with Gasteiger partial charge in [0.2, 0.25) is 0 Å². The monoisotopic (exact) mass is 221 g/mol. The first kappa shape index (κ1) is 12.2. The average Bonchev–Trinajstić information content (AvgIpc) is 2.28. The first-order valence-electron chi connectivity index (χ1n) is 4.23. The van der Waals surface area contributed by atoms with Crippen molar-refractivity contribution in [2.45, 2.75) is 30.6 Å². The molecular weight excluding hydrogens is 208 g/mol. The van der Waals surface area contributed by atoms with Gasteiger partial charge in [-0.1, -0.05) is 0 Å². The van der Waals surface area contributed by atoms with Crippen LogP contribution in [0.25, 0.3) is 0 Å². The fraction of sp³-hybridized carbons (Fsp3) is 1.00. The minimum Gasteiger partial charge on any atom is -0.390 e. The maximum Gasteiger partial charge on any atom is 0.325 e. The molecule has 5 N–H and O–H groups in total. The lowest BCUT2D eigenvalue weighted by Gasteiger charge is -2.15. The topological polar surface area (TPSA) is 110 Å². The summed E-state index contributed by atoms with van der Waals surface area (Å²) < 4.78 is 10.5. The highest BCUT2D eigenvalue weighted by Gasteiger charge is 2.38. The van der Waals surface area contributed by atoms with E-state index < -0.39 is 31.8 Å². The van der Waals surface area contributed by atoms with E-state index in [1.807, 2.05) is 0 Å². The van der Waals surface area contributed by atoms with Crippen molar-refractivity contribution in [3.8, 4) is 0 Å². The van der Waals surface area contributed by atoms with Crippen LogP contribution in [-0.2, 0) is 4.57 Å². The molecule has 1 aliphatic rings. The van der Waals surface area contributed by atoms with Crippen molar-refractivity contribution in [2.75, 3.05) is 6.16 Å². The lowest BCUT2D eigenvalue weighted by Crippen LogP contribution is -2.34. The van der Waals surface area contributed by atoms with E-state index in [1.54, 1.807) is 0 Å². The third kappa shape index (κ3) is 3.05. The first-order chi connectivity index (χ1) is 6.31. The van der Waals surface area contributed by atoms with Gasteiger partial charge in [0.15, 0.2) is 0 Å². The molecule has 0 aliphatic carbocycles. The molecule has 0 aromatic heterocycles. The van der Waals surface area contributed by atoms with Gasteiger partial charge >= 0.3 is 7.60 Å². The predicted molar refractivity (Wildman–Crippen MR) is 50.0 cm³/mol. The van der Waals surface area contributed by atoms with E-state index in [2.05, 4.69) is 5.32 Å². The van der Waals surface area contributed by atoms with Gasteiger partial charge in [0.25, 0.3) is 0 Å².